The van der Waals surface area contributed by atoms with Crippen molar-refractivity contribution in [2.75, 3.05) is 12.0 Å². The van der Waals surface area contributed by atoms with Gasteiger partial charge in [0.2, 0.25) is 5.88 Å². The van der Waals surface area contributed by atoms with Gasteiger partial charge in [0.25, 0.3) is 0 Å². The molecule has 2 N–H and O–H groups in total. The Morgan fingerprint density at radius 1 is 1.28 bits per heavy atom. The molecule has 0 bridgehead atoms. The molecule has 1 heterocycles. The Labute approximate surface area is 118 Å². The van der Waals surface area contributed by atoms with E-state index in [1.165, 1.54) is 11.8 Å². The van der Waals surface area contributed by atoms with Gasteiger partial charge in [-0.3, -0.25) is 0 Å². The SMILES string of the molecule is CSc1nc(N)cc(Oc2cc(Br)ccc2C)n1. The fourth-order valence-electron chi connectivity index (χ4n) is 1.36. The quantitative estimate of drug-likeness (QED) is 0.689. The first kappa shape index (κ1) is 13.2. The first-order valence-corrected chi connectivity index (χ1v) is 7.23. The van der Waals surface area contributed by atoms with Gasteiger partial charge in [0.05, 0.1) is 0 Å². The van der Waals surface area contributed by atoms with Gasteiger partial charge >= 0.3 is 0 Å². The third-order valence-electron chi connectivity index (χ3n) is 2.25. The van der Waals surface area contributed by atoms with Gasteiger partial charge in [-0.05, 0) is 30.9 Å². The Hall–Kier alpha value is -1.27. The van der Waals surface area contributed by atoms with Crippen LogP contribution in [-0.4, -0.2) is 16.2 Å². The maximum Gasteiger partial charge on any atom is 0.225 e. The molecule has 1 aromatic heterocycles. The molecule has 0 fully saturated rings. The van der Waals surface area contributed by atoms with Gasteiger partial charge in [0, 0.05) is 10.5 Å². The molecule has 1 aromatic carbocycles. The molecule has 4 nitrogen and oxygen atoms in total. The van der Waals surface area contributed by atoms with Gasteiger partial charge in [-0.1, -0.05) is 33.8 Å². The van der Waals surface area contributed by atoms with E-state index in [2.05, 4.69) is 25.9 Å². The maximum absolute atomic E-state index is 5.74. The molecule has 2 rings (SSSR count). The van der Waals surface area contributed by atoms with Crippen molar-refractivity contribution in [3.8, 4) is 11.6 Å². The second kappa shape index (κ2) is 5.58. The molecule has 0 saturated carbocycles. The first-order chi connectivity index (χ1) is 8.58. The summed E-state index contributed by atoms with van der Waals surface area (Å²) < 4.78 is 6.69. The van der Waals surface area contributed by atoms with Gasteiger partial charge in [0.15, 0.2) is 5.16 Å². The molecule has 6 heteroatoms. The minimum absolute atomic E-state index is 0.400. The van der Waals surface area contributed by atoms with Crippen molar-refractivity contribution in [1.82, 2.24) is 9.97 Å². The first-order valence-electron chi connectivity index (χ1n) is 5.21. The summed E-state index contributed by atoms with van der Waals surface area (Å²) in [6.07, 6.45) is 1.89. The predicted molar refractivity (Wildman–Crippen MR) is 77.2 cm³/mol. The molecule has 0 spiro atoms. The summed E-state index contributed by atoms with van der Waals surface area (Å²) in [5, 5.41) is 0.595. The van der Waals surface area contributed by atoms with Gasteiger partial charge < -0.3 is 10.5 Å². The number of benzene rings is 1. The minimum Gasteiger partial charge on any atom is -0.438 e. The highest BCUT2D eigenvalue weighted by atomic mass is 79.9. The highest BCUT2D eigenvalue weighted by molar-refractivity contribution is 9.10. The standard InChI is InChI=1S/C12H12BrN3OS/c1-7-3-4-8(13)5-9(7)17-11-6-10(14)15-12(16-11)18-2/h3-6H,1-2H3,(H2,14,15,16). The van der Waals surface area contributed by atoms with E-state index in [0.29, 0.717) is 16.9 Å². The summed E-state index contributed by atoms with van der Waals surface area (Å²) in [5.74, 6) is 1.60. The van der Waals surface area contributed by atoms with Crippen LogP contribution in [0.4, 0.5) is 5.82 Å². The molecule has 94 valence electrons. The van der Waals surface area contributed by atoms with Gasteiger partial charge in [-0.15, -0.1) is 0 Å². The monoisotopic (exact) mass is 325 g/mol. The van der Waals surface area contributed by atoms with Crippen molar-refractivity contribution in [2.45, 2.75) is 12.1 Å². The molecule has 18 heavy (non-hydrogen) atoms. The van der Waals surface area contributed by atoms with E-state index in [9.17, 15) is 0 Å². The number of nitrogens with zero attached hydrogens (tertiary/aromatic N) is 2. The number of aromatic nitrogens is 2. The van der Waals surface area contributed by atoms with Gasteiger partial charge in [-0.25, -0.2) is 4.98 Å². The van der Waals surface area contributed by atoms with E-state index < -0.39 is 0 Å². The van der Waals surface area contributed by atoms with E-state index in [0.717, 1.165) is 15.8 Å². The molecule has 0 aliphatic carbocycles. The molecule has 0 radical (unpaired) electrons. The van der Waals surface area contributed by atoms with Crippen LogP contribution in [0, 0.1) is 6.92 Å². The number of anilines is 1. The second-order valence-corrected chi connectivity index (χ2v) is 5.32. The Morgan fingerprint density at radius 2 is 2.06 bits per heavy atom. The molecule has 0 saturated heterocycles. The van der Waals surface area contributed by atoms with E-state index in [1.54, 1.807) is 6.07 Å². The van der Waals surface area contributed by atoms with Crippen molar-refractivity contribution < 1.29 is 4.74 Å². The summed E-state index contributed by atoms with van der Waals surface area (Å²) in [4.78, 5) is 8.33. The summed E-state index contributed by atoms with van der Waals surface area (Å²) in [5.41, 5.74) is 6.73. The van der Waals surface area contributed by atoms with E-state index in [4.69, 9.17) is 10.5 Å². The van der Waals surface area contributed by atoms with Crippen LogP contribution in [-0.2, 0) is 0 Å². The summed E-state index contributed by atoms with van der Waals surface area (Å²) in [6, 6.07) is 7.44. The minimum atomic E-state index is 0.400. The summed E-state index contributed by atoms with van der Waals surface area (Å²) in [6.45, 7) is 1.97. The number of hydrogen-bond donors (Lipinski definition) is 1. The van der Waals surface area contributed by atoms with E-state index >= 15 is 0 Å². The van der Waals surface area contributed by atoms with Crippen LogP contribution in [0.25, 0.3) is 0 Å². The van der Waals surface area contributed by atoms with Crippen molar-refractivity contribution in [3.05, 3.63) is 34.3 Å². The largest absolute Gasteiger partial charge is 0.438 e. The fraction of sp³-hybridized carbons (Fsp3) is 0.167. The topological polar surface area (TPSA) is 61.0 Å². The molecule has 0 unspecified atom stereocenters. The molecule has 0 atom stereocenters. The number of nitrogens with two attached hydrogens (primary N) is 1. The molecular formula is C12H12BrN3OS. The smallest absolute Gasteiger partial charge is 0.225 e. The van der Waals surface area contributed by atoms with Crippen LogP contribution < -0.4 is 10.5 Å². The van der Waals surface area contributed by atoms with E-state index in [-0.39, 0.29) is 0 Å². The Kier molecular flexibility index (Phi) is 4.08. The lowest BCUT2D eigenvalue weighted by Gasteiger charge is -2.09. The number of hydrogen-bond acceptors (Lipinski definition) is 5. The van der Waals surface area contributed by atoms with Crippen LogP contribution in [0.5, 0.6) is 11.6 Å². The number of rotatable bonds is 3. The third kappa shape index (κ3) is 3.14. The van der Waals surface area contributed by atoms with Crippen molar-refractivity contribution in [1.29, 1.82) is 0 Å². The zero-order chi connectivity index (χ0) is 13.1. The lowest BCUT2D eigenvalue weighted by atomic mass is 10.2. The molecule has 0 amide bonds. The molecule has 0 aliphatic heterocycles. The highest BCUT2D eigenvalue weighted by Gasteiger charge is 2.06. The number of halogens is 1. The Morgan fingerprint density at radius 3 is 2.78 bits per heavy atom. The number of thioether (sulfide) groups is 1. The summed E-state index contributed by atoms with van der Waals surface area (Å²) >= 11 is 4.83. The van der Waals surface area contributed by atoms with Gasteiger partial charge in [0.1, 0.15) is 11.6 Å². The molecule has 0 aliphatic rings. The van der Waals surface area contributed by atoms with Crippen molar-refractivity contribution in [2.24, 2.45) is 0 Å². The average molecular weight is 326 g/mol. The predicted octanol–water partition coefficient (Wildman–Crippen LogP) is 3.64. The molecule has 2 aromatic rings. The zero-order valence-electron chi connectivity index (χ0n) is 9.98. The van der Waals surface area contributed by atoms with Crippen LogP contribution in [0.2, 0.25) is 0 Å². The lowest BCUT2D eigenvalue weighted by Crippen LogP contribution is -1.98. The molecular weight excluding hydrogens is 314 g/mol. The van der Waals surface area contributed by atoms with Gasteiger partial charge in [-0.2, -0.15) is 4.98 Å². The second-order valence-electron chi connectivity index (χ2n) is 3.63. The van der Waals surface area contributed by atoms with Crippen LogP contribution in [0.3, 0.4) is 0 Å². The van der Waals surface area contributed by atoms with Crippen LogP contribution in [0.15, 0.2) is 33.9 Å². The van der Waals surface area contributed by atoms with Crippen molar-refractivity contribution in [3.63, 3.8) is 0 Å². The van der Waals surface area contributed by atoms with E-state index in [1.807, 2.05) is 31.4 Å². The number of nitrogen functional groups attached to an aromatic ring is 1. The zero-order valence-corrected chi connectivity index (χ0v) is 12.4. The lowest BCUT2D eigenvalue weighted by molar-refractivity contribution is 0.452. The Bertz CT molecular complexity index is 577. The van der Waals surface area contributed by atoms with Crippen molar-refractivity contribution >= 4 is 33.5 Å². The average Bonchev–Trinajstić information content (AvgIpc) is 2.33. The fourth-order valence-corrected chi connectivity index (χ4v) is 2.08. The number of ether oxygens (including phenoxy) is 1. The highest BCUT2D eigenvalue weighted by Crippen LogP contribution is 2.28. The van der Waals surface area contributed by atoms with Crippen LogP contribution >= 0.6 is 27.7 Å². The Balaban J connectivity index is 2.33. The summed E-state index contributed by atoms with van der Waals surface area (Å²) in [7, 11) is 0. The van der Waals surface area contributed by atoms with Crippen LogP contribution in [0.1, 0.15) is 5.56 Å². The maximum atomic E-state index is 5.74. The number of aryl methyl sites for hydroxylation is 1. The third-order valence-corrected chi connectivity index (χ3v) is 3.29. The normalized spacial score (nSPS) is 10.4.